The lowest BCUT2D eigenvalue weighted by atomic mass is 10.1. The summed E-state index contributed by atoms with van der Waals surface area (Å²) in [4.78, 5) is 13.9. The molecule has 0 aliphatic heterocycles. The first-order valence-corrected chi connectivity index (χ1v) is 6.30. The van der Waals surface area contributed by atoms with Crippen molar-refractivity contribution < 1.29 is 4.79 Å². The second-order valence-electron chi connectivity index (χ2n) is 4.58. The third-order valence-electron chi connectivity index (χ3n) is 3.39. The van der Waals surface area contributed by atoms with Crippen LogP contribution in [0.5, 0.6) is 0 Å². The number of carbonyl (C=O) groups excluding carboxylic acids is 1. The van der Waals surface area contributed by atoms with E-state index in [9.17, 15) is 4.79 Å². The summed E-state index contributed by atoms with van der Waals surface area (Å²) in [5.74, 6) is 0.301. The Morgan fingerprint density at radius 1 is 1.41 bits per heavy atom. The molecule has 92 valence electrons. The number of nitrogen functional groups attached to an aromatic ring is 1. The van der Waals surface area contributed by atoms with Gasteiger partial charge in [0.25, 0.3) is 0 Å². The molecule has 0 spiro atoms. The lowest BCUT2D eigenvalue weighted by Crippen LogP contribution is -2.32. The Hall–Kier alpha value is -1.22. The molecular formula is C13H17ClN2O. The Labute approximate surface area is 107 Å². The van der Waals surface area contributed by atoms with E-state index in [1.807, 2.05) is 0 Å². The quantitative estimate of drug-likeness (QED) is 0.823. The Morgan fingerprint density at radius 2 is 2.06 bits per heavy atom. The third-order valence-corrected chi connectivity index (χ3v) is 3.62. The second-order valence-corrected chi connectivity index (χ2v) is 5.02. The van der Waals surface area contributed by atoms with Crippen molar-refractivity contribution in [1.29, 1.82) is 0 Å². The van der Waals surface area contributed by atoms with E-state index in [0.29, 0.717) is 16.4 Å². The molecule has 0 unspecified atom stereocenters. The first-order valence-electron chi connectivity index (χ1n) is 5.92. The molecule has 0 saturated heterocycles. The number of halogens is 1. The molecule has 0 atom stereocenters. The maximum atomic E-state index is 12.2. The summed E-state index contributed by atoms with van der Waals surface area (Å²) in [6, 6.07) is 5.20. The Morgan fingerprint density at radius 3 is 2.71 bits per heavy atom. The zero-order chi connectivity index (χ0) is 12.4. The highest BCUT2D eigenvalue weighted by Gasteiger charge is 2.26. The van der Waals surface area contributed by atoms with Gasteiger partial charge in [0.1, 0.15) is 0 Å². The highest BCUT2D eigenvalue weighted by Crippen LogP contribution is 2.31. The summed E-state index contributed by atoms with van der Waals surface area (Å²) in [6.07, 6.45) is 4.28. The molecule has 3 nitrogen and oxygen atoms in total. The van der Waals surface area contributed by atoms with E-state index in [2.05, 4.69) is 0 Å². The van der Waals surface area contributed by atoms with E-state index >= 15 is 0 Å². The first kappa shape index (κ1) is 12.2. The van der Waals surface area contributed by atoms with Crippen molar-refractivity contribution in [1.82, 2.24) is 0 Å². The van der Waals surface area contributed by atoms with Gasteiger partial charge in [-0.2, -0.15) is 0 Å². The van der Waals surface area contributed by atoms with Crippen LogP contribution in [0.15, 0.2) is 18.2 Å². The van der Waals surface area contributed by atoms with Crippen LogP contribution >= 0.6 is 11.6 Å². The molecule has 0 aromatic heterocycles. The molecule has 1 amide bonds. The Bertz CT molecular complexity index is 427. The number of rotatable bonds is 2. The summed E-state index contributed by atoms with van der Waals surface area (Å²) < 4.78 is 0. The van der Waals surface area contributed by atoms with E-state index in [-0.39, 0.29) is 11.8 Å². The molecule has 1 aromatic rings. The molecule has 4 heteroatoms. The standard InChI is InChI=1S/C13H17ClN2O/c1-16(13(17)9-4-2-3-5-9)12-8-10(14)6-7-11(12)15/h6-9H,2-5,15H2,1H3. The van der Waals surface area contributed by atoms with Gasteiger partial charge in [0, 0.05) is 18.0 Å². The topological polar surface area (TPSA) is 46.3 Å². The molecule has 2 rings (SSSR count). The maximum absolute atomic E-state index is 12.2. The highest BCUT2D eigenvalue weighted by molar-refractivity contribution is 6.31. The average molecular weight is 253 g/mol. The summed E-state index contributed by atoms with van der Waals surface area (Å²) in [5.41, 5.74) is 7.16. The van der Waals surface area contributed by atoms with E-state index in [1.54, 1.807) is 30.1 Å². The average Bonchev–Trinajstić information content (AvgIpc) is 2.84. The predicted octanol–water partition coefficient (Wildman–Crippen LogP) is 3.08. The summed E-state index contributed by atoms with van der Waals surface area (Å²) in [7, 11) is 1.77. The van der Waals surface area contributed by atoms with E-state index < -0.39 is 0 Å². The molecule has 0 bridgehead atoms. The van der Waals surface area contributed by atoms with Crippen LogP contribution < -0.4 is 10.6 Å². The van der Waals surface area contributed by atoms with Crippen molar-refractivity contribution in [3.05, 3.63) is 23.2 Å². The first-order chi connectivity index (χ1) is 8.09. The fraction of sp³-hybridized carbons (Fsp3) is 0.462. The van der Waals surface area contributed by atoms with Gasteiger partial charge in [-0.05, 0) is 31.0 Å². The van der Waals surface area contributed by atoms with E-state index in [4.69, 9.17) is 17.3 Å². The van der Waals surface area contributed by atoms with Crippen molar-refractivity contribution in [3.63, 3.8) is 0 Å². The molecule has 1 aliphatic carbocycles. The van der Waals surface area contributed by atoms with Gasteiger partial charge >= 0.3 is 0 Å². The predicted molar refractivity (Wildman–Crippen MR) is 71.2 cm³/mol. The lowest BCUT2D eigenvalue weighted by molar-refractivity contribution is -0.121. The molecule has 1 fully saturated rings. The second kappa shape index (κ2) is 4.96. The number of anilines is 2. The van der Waals surface area contributed by atoms with Crippen LogP contribution in [0.25, 0.3) is 0 Å². The lowest BCUT2D eigenvalue weighted by Gasteiger charge is -2.22. The van der Waals surface area contributed by atoms with Crippen molar-refractivity contribution in [2.45, 2.75) is 25.7 Å². The number of carbonyl (C=O) groups is 1. The number of nitrogens with two attached hydrogens (primary N) is 1. The summed E-state index contributed by atoms with van der Waals surface area (Å²) >= 11 is 5.93. The third kappa shape index (κ3) is 2.55. The van der Waals surface area contributed by atoms with E-state index in [0.717, 1.165) is 25.7 Å². The van der Waals surface area contributed by atoms with Crippen LogP contribution in [0, 0.1) is 5.92 Å². The van der Waals surface area contributed by atoms with Crippen LogP contribution in [0.3, 0.4) is 0 Å². The van der Waals surface area contributed by atoms with Crippen molar-refractivity contribution in [2.75, 3.05) is 17.7 Å². The molecule has 1 aliphatic rings. The summed E-state index contributed by atoms with van der Waals surface area (Å²) in [6.45, 7) is 0. The minimum absolute atomic E-state index is 0.150. The Kier molecular flexibility index (Phi) is 3.57. The normalized spacial score (nSPS) is 16.1. The fourth-order valence-corrected chi connectivity index (χ4v) is 2.54. The van der Waals surface area contributed by atoms with Gasteiger partial charge in [0.05, 0.1) is 11.4 Å². The smallest absolute Gasteiger partial charge is 0.229 e. The van der Waals surface area contributed by atoms with Crippen LogP contribution in [-0.2, 0) is 4.79 Å². The van der Waals surface area contributed by atoms with Gasteiger partial charge < -0.3 is 10.6 Å². The minimum atomic E-state index is 0.150. The molecule has 17 heavy (non-hydrogen) atoms. The van der Waals surface area contributed by atoms with E-state index in [1.165, 1.54) is 0 Å². The van der Waals surface area contributed by atoms with Crippen molar-refractivity contribution in [3.8, 4) is 0 Å². The van der Waals surface area contributed by atoms with Crippen LogP contribution in [-0.4, -0.2) is 13.0 Å². The highest BCUT2D eigenvalue weighted by atomic mass is 35.5. The van der Waals surface area contributed by atoms with Crippen LogP contribution in [0.1, 0.15) is 25.7 Å². The minimum Gasteiger partial charge on any atom is -0.397 e. The molecular weight excluding hydrogens is 236 g/mol. The molecule has 2 N–H and O–H groups in total. The zero-order valence-corrected chi connectivity index (χ0v) is 10.7. The SMILES string of the molecule is CN(C(=O)C1CCCC1)c1cc(Cl)ccc1N. The molecule has 1 saturated carbocycles. The maximum Gasteiger partial charge on any atom is 0.229 e. The molecule has 0 radical (unpaired) electrons. The van der Waals surface area contributed by atoms with Gasteiger partial charge in [-0.25, -0.2) is 0 Å². The largest absolute Gasteiger partial charge is 0.397 e. The number of hydrogen-bond acceptors (Lipinski definition) is 2. The van der Waals surface area contributed by atoms with Crippen molar-refractivity contribution >= 4 is 28.9 Å². The van der Waals surface area contributed by atoms with Gasteiger partial charge in [-0.1, -0.05) is 24.4 Å². The van der Waals surface area contributed by atoms with Crippen LogP contribution in [0.4, 0.5) is 11.4 Å². The number of nitrogens with zero attached hydrogens (tertiary/aromatic N) is 1. The summed E-state index contributed by atoms with van der Waals surface area (Å²) in [5, 5.41) is 0.597. The number of amides is 1. The fourth-order valence-electron chi connectivity index (χ4n) is 2.37. The Balaban J connectivity index is 2.20. The monoisotopic (exact) mass is 252 g/mol. The van der Waals surface area contributed by atoms with Gasteiger partial charge in [-0.15, -0.1) is 0 Å². The van der Waals surface area contributed by atoms with Crippen LogP contribution in [0.2, 0.25) is 5.02 Å². The van der Waals surface area contributed by atoms with Gasteiger partial charge in [-0.3, -0.25) is 4.79 Å². The zero-order valence-electron chi connectivity index (χ0n) is 9.95. The van der Waals surface area contributed by atoms with Gasteiger partial charge in [0.15, 0.2) is 0 Å². The van der Waals surface area contributed by atoms with Gasteiger partial charge in [0.2, 0.25) is 5.91 Å². The molecule has 0 heterocycles. The van der Waals surface area contributed by atoms with Crippen molar-refractivity contribution in [2.24, 2.45) is 5.92 Å². The molecule has 1 aromatic carbocycles. The number of hydrogen-bond donors (Lipinski definition) is 1. The number of benzene rings is 1.